The molecule has 1 aliphatic rings. The van der Waals surface area contributed by atoms with Crippen LogP contribution < -0.4 is 10.6 Å². The summed E-state index contributed by atoms with van der Waals surface area (Å²) < 4.78 is 5.54. The van der Waals surface area contributed by atoms with Gasteiger partial charge in [-0.1, -0.05) is 55.5 Å². The second-order valence-corrected chi connectivity index (χ2v) is 8.77. The predicted molar refractivity (Wildman–Crippen MR) is 134 cm³/mol. The Bertz CT molecular complexity index is 1070. The van der Waals surface area contributed by atoms with Crippen LogP contribution in [0.15, 0.2) is 48.5 Å². The minimum Gasteiger partial charge on any atom is -0.480 e. The van der Waals surface area contributed by atoms with Gasteiger partial charge in [0.25, 0.3) is 0 Å². The zero-order chi connectivity index (χ0) is 25.2. The molecule has 1 aliphatic carbocycles. The topological polar surface area (TPSA) is 105 Å². The monoisotopic (exact) mass is 476 g/mol. The molecule has 7 heteroatoms. The van der Waals surface area contributed by atoms with Gasteiger partial charge in [-0.15, -0.1) is 11.8 Å². The number of carboxylic acids is 1. The van der Waals surface area contributed by atoms with Crippen molar-refractivity contribution in [3.8, 4) is 23.0 Å². The van der Waals surface area contributed by atoms with Crippen molar-refractivity contribution in [2.45, 2.75) is 51.5 Å². The fraction of sp³-hybridized carbons (Fsp3) is 0.393. The number of rotatable bonds is 11. The summed E-state index contributed by atoms with van der Waals surface area (Å²) >= 11 is 0. The highest BCUT2D eigenvalue weighted by Crippen LogP contribution is 2.44. The van der Waals surface area contributed by atoms with Gasteiger partial charge in [0.15, 0.2) is 0 Å². The van der Waals surface area contributed by atoms with Gasteiger partial charge in [-0.3, -0.25) is 4.79 Å². The summed E-state index contributed by atoms with van der Waals surface area (Å²) in [6.07, 6.45) is 1.11. The smallest absolute Gasteiger partial charge is 0.407 e. The Morgan fingerprint density at radius 1 is 1.03 bits per heavy atom. The van der Waals surface area contributed by atoms with E-state index in [0.717, 1.165) is 0 Å². The number of carbonyl (C=O) groups excluding carboxylic acids is 2. The maximum Gasteiger partial charge on any atom is 0.407 e. The van der Waals surface area contributed by atoms with E-state index in [1.807, 2.05) is 31.2 Å². The minimum atomic E-state index is -1.10. The summed E-state index contributed by atoms with van der Waals surface area (Å²) in [6.45, 7) is 4.31. The second kappa shape index (κ2) is 12.6. The highest BCUT2D eigenvalue weighted by Gasteiger charge is 2.29. The normalized spacial score (nSPS) is 13.4. The molecule has 35 heavy (non-hydrogen) atoms. The molecule has 2 aromatic rings. The Labute approximate surface area is 206 Å². The number of aliphatic carboxylic acids is 1. The predicted octanol–water partition coefficient (Wildman–Crippen LogP) is 4.31. The fourth-order valence-electron chi connectivity index (χ4n) is 4.26. The van der Waals surface area contributed by atoms with Crippen molar-refractivity contribution in [3.05, 3.63) is 59.7 Å². The van der Waals surface area contributed by atoms with Gasteiger partial charge in [0.05, 0.1) is 0 Å². The van der Waals surface area contributed by atoms with Crippen LogP contribution in [0, 0.1) is 17.8 Å². The molecule has 2 atom stereocenters. The van der Waals surface area contributed by atoms with Gasteiger partial charge in [0.1, 0.15) is 12.6 Å². The maximum absolute atomic E-state index is 12.3. The molecule has 3 rings (SSSR count). The Morgan fingerprint density at radius 2 is 1.66 bits per heavy atom. The average molecular weight is 477 g/mol. The van der Waals surface area contributed by atoms with Crippen LogP contribution in [0.4, 0.5) is 4.79 Å². The third-order valence-corrected chi connectivity index (χ3v) is 6.23. The van der Waals surface area contributed by atoms with E-state index in [1.54, 1.807) is 6.92 Å². The molecule has 0 fully saturated rings. The molecule has 0 heterocycles. The van der Waals surface area contributed by atoms with Gasteiger partial charge in [-0.25, -0.2) is 9.59 Å². The van der Waals surface area contributed by atoms with Crippen molar-refractivity contribution in [2.75, 3.05) is 13.2 Å². The number of benzene rings is 2. The maximum atomic E-state index is 12.3. The fourth-order valence-corrected chi connectivity index (χ4v) is 4.26. The summed E-state index contributed by atoms with van der Waals surface area (Å²) in [5.41, 5.74) is 4.70. The van der Waals surface area contributed by atoms with Crippen LogP contribution in [0.5, 0.6) is 0 Å². The van der Waals surface area contributed by atoms with Crippen LogP contribution in [0.25, 0.3) is 11.1 Å². The van der Waals surface area contributed by atoms with Crippen LogP contribution in [0.3, 0.4) is 0 Å². The molecule has 0 saturated heterocycles. The van der Waals surface area contributed by atoms with Crippen LogP contribution in [0.2, 0.25) is 0 Å². The lowest BCUT2D eigenvalue weighted by Crippen LogP contribution is -2.40. The van der Waals surface area contributed by atoms with E-state index in [2.05, 4.69) is 46.7 Å². The van der Waals surface area contributed by atoms with Crippen molar-refractivity contribution >= 4 is 18.0 Å². The molecule has 7 nitrogen and oxygen atoms in total. The molecule has 2 aromatic carbocycles. The Balaban J connectivity index is 1.37. The summed E-state index contributed by atoms with van der Waals surface area (Å²) in [4.78, 5) is 35.6. The van der Waals surface area contributed by atoms with Crippen molar-refractivity contribution in [1.29, 1.82) is 0 Å². The molecule has 0 aromatic heterocycles. The van der Waals surface area contributed by atoms with Gasteiger partial charge in [0, 0.05) is 25.3 Å². The molecule has 0 aliphatic heterocycles. The second-order valence-electron chi connectivity index (χ2n) is 8.77. The van der Waals surface area contributed by atoms with Gasteiger partial charge >= 0.3 is 12.1 Å². The van der Waals surface area contributed by atoms with Crippen molar-refractivity contribution < 1.29 is 24.2 Å². The number of ether oxygens (including phenoxy) is 1. The first-order valence-electron chi connectivity index (χ1n) is 11.9. The number of fused-ring (bicyclic) bond motifs is 3. The third kappa shape index (κ3) is 7.10. The number of carbonyl (C=O) groups is 3. The zero-order valence-electron chi connectivity index (χ0n) is 20.2. The first-order valence-corrected chi connectivity index (χ1v) is 11.9. The van der Waals surface area contributed by atoms with E-state index in [9.17, 15) is 14.4 Å². The number of hydrogen-bond donors (Lipinski definition) is 3. The van der Waals surface area contributed by atoms with Crippen LogP contribution >= 0.6 is 0 Å². The summed E-state index contributed by atoms with van der Waals surface area (Å²) in [5, 5.41) is 14.5. The lowest BCUT2D eigenvalue weighted by Gasteiger charge is -2.16. The van der Waals surface area contributed by atoms with Gasteiger partial charge in [-0.05, 0) is 47.9 Å². The van der Waals surface area contributed by atoms with Gasteiger partial charge in [-0.2, -0.15) is 0 Å². The minimum absolute atomic E-state index is 0.0171. The SMILES string of the molecule is CC#CCC(NC(=O)CCC(C)CCNC(=O)OCC1c2ccccc2-c2ccccc21)C(=O)O. The quantitative estimate of drug-likeness (QED) is 0.419. The van der Waals surface area contributed by atoms with E-state index >= 15 is 0 Å². The molecular formula is C28H32N2O5. The van der Waals surface area contributed by atoms with Crippen molar-refractivity contribution in [3.63, 3.8) is 0 Å². The van der Waals surface area contributed by atoms with Crippen LogP contribution in [-0.2, 0) is 14.3 Å². The standard InChI is InChI=1S/C28H32N2O5/c1-3-4-13-25(27(32)33)30-26(31)15-14-19(2)16-17-29-28(34)35-18-24-22-11-7-5-9-20(22)21-10-6-8-12-23(21)24/h5-12,19,24-25H,13-18H2,1-2H3,(H,29,34)(H,30,31)(H,32,33). The van der Waals surface area contributed by atoms with Gasteiger partial charge in [0.2, 0.25) is 5.91 Å². The van der Waals surface area contributed by atoms with Crippen LogP contribution in [-0.4, -0.2) is 42.3 Å². The van der Waals surface area contributed by atoms with Crippen molar-refractivity contribution in [1.82, 2.24) is 10.6 Å². The molecule has 0 bridgehead atoms. The number of hydrogen-bond acceptors (Lipinski definition) is 4. The molecule has 0 radical (unpaired) electrons. The summed E-state index contributed by atoms with van der Waals surface area (Å²) in [6, 6.07) is 15.4. The number of carboxylic acid groups (broad SMARTS) is 1. The van der Waals surface area contributed by atoms with E-state index in [-0.39, 0.29) is 37.2 Å². The Morgan fingerprint density at radius 3 is 2.26 bits per heavy atom. The number of nitrogens with one attached hydrogen (secondary N) is 2. The Hall–Kier alpha value is -3.79. The first-order chi connectivity index (χ1) is 16.9. The summed E-state index contributed by atoms with van der Waals surface area (Å²) in [7, 11) is 0. The van der Waals surface area contributed by atoms with E-state index in [1.165, 1.54) is 22.3 Å². The average Bonchev–Trinajstić information content (AvgIpc) is 3.17. The van der Waals surface area contributed by atoms with Crippen molar-refractivity contribution in [2.24, 2.45) is 5.92 Å². The molecule has 0 spiro atoms. The molecular weight excluding hydrogens is 444 g/mol. The molecule has 3 N–H and O–H groups in total. The zero-order valence-corrected chi connectivity index (χ0v) is 20.2. The lowest BCUT2D eigenvalue weighted by atomic mass is 9.98. The van der Waals surface area contributed by atoms with E-state index in [4.69, 9.17) is 9.84 Å². The number of amides is 2. The summed E-state index contributed by atoms with van der Waals surface area (Å²) in [5.74, 6) is 4.09. The van der Waals surface area contributed by atoms with E-state index < -0.39 is 18.1 Å². The lowest BCUT2D eigenvalue weighted by molar-refractivity contribution is -0.141. The first kappa shape index (κ1) is 25.8. The Kier molecular flexibility index (Phi) is 9.31. The molecule has 2 amide bonds. The third-order valence-electron chi connectivity index (χ3n) is 6.23. The molecule has 2 unspecified atom stereocenters. The van der Waals surface area contributed by atoms with E-state index in [0.29, 0.717) is 19.4 Å². The number of alkyl carbamates (subject to hydrolysis) is 1. The highest BCUT2D eigenvalue weighted by atomic mass is 16.5. The van der Waals surface area contributed by atoms with Crippen LogP contribution in [0.1, 0.15) is 56.6 Å². The highest BCUT2D eigenvalue weighted by molar-refractivity contribution is 5.83. The largest absolute Gasteiger partial charge is 0.480 e. The molecule has 0 saturated carbocycles. The molecule has 184 valence electrons. The van der Waals surface area contributed by atoms with Gasteiger partial charge < -0.3 is 20.5 Å².